The Morgan fingerprint density at radius 2 is 1.61 bits per heavy atom. The highest BCUT2D eigenvalue weighted by atomic mass is 16.7. The Morgan fingerprint density at radius 3 is 2.18 bits per heavy atom. The second kappa shape index (κ2) is 17.7. The molecule has 4 heterocycles. The highest BCUT2D eigenvalue weighted by molar-refractivity contribution is 5.85. The van der Waals surface area contributed by atoms with Crippen LogP contribution in [0.2, 0.25) is 0 Å². The van der Waals surface area contributed by atoms with E-state index in [9.17, 15) is 29.4 Å². The molecule has 0 radical (unpaired) electrons. The van der Waals surface area contributed by atoms with Gasteiger partial charge in [-0.3, -0.25) is 9.59 Å². The molecule has 5 N–H and O–H groups in total. The molecule has 4 rings (SSSR count). The van der Waals surface area contributed by atoms with Gasteiger partial charge in [-0.05, 0) is 74.9 Å². The lowest BCUT2D eigenvalue weighted by atomic mass is 9.73. The van der Waals surface area contributed by atoms with Gasteiger partial charge >= 0.3 is 18.2 Å². The lowest BCUT2D eigenvalue weighted by molar-refractivity contribution is -0.317. The second-order valence-corrected chi connectivity index (χ2v) is 17.4. The Bertz CT molecular complexity index is 1420. The minimum Gasteiger partial charge on any atom is -0.458 e. The minimum atomic E-state index is -1.71. The number of fused-ring (bicyclic) bond motifs is 1. The van der Waals surface area contributed by atoms with E-state index >= 15 is 0 Å². The highest BCUT2D eigenvalue weighted by Crippen LogP contribution is 2.43. The van der Waals surface area contributed by atoms with Gasteiger partial charge in [0.15, 0.2) is 18.2 Å². The summed E-state index contributed by atoms with van der Waals surface area (Å²) < 4.78 is 49.6. The fraction of sp³-hybridized carbons (Fsp3) is 0.897. The summed E-state index contributed by atoms with van der Waals surface area (Å²) in [6.45, 7) is 17.0. The first kappa shape index (κ1) is 46.1. The molecule has 4 aliphatic heterocycles. The number of alkyl carbamates (subject to hydrolysis) is 1. The van der Waals surface area contributed by atoms with Gasteiger partial charge in [0.2, 0.25) is 0 Å². The molecule has 17 nitrogen and oxygen atoms in total. The van der Waals surface area contributed by atoms with Crippen molar-refractivity contribution >= 4 is 23.9 Å². The van der Waals surface area contributed by atoms with E-state index in [-0.39, 0.29) is 37.2 Å². The molecule has 2 amide bonds. The maximum atomic E-state index is 14.5. The number of hydrogen-bond acceptors (Lipinski definition) is 15. The normalized spacial score (nSPS) is 46.9. The van der Waals surface area contributed by atoms with Crippen molar-refractivity contribution in [3.8, 4) is 0 Å². The zero-order chi connectivity index (χ0) is 42.2. The molecule has 0 saturated carbocycles. The molecular weight excluding hydrogens is 734 g/mol. The van der Waals surface area contributed by atoms with E-state index < -0.39 is 114 Å². The van der Waals surface area contributed by atoms with E-state index in [2.05, 4.69) is 5.32 Å². The van der Waals surface area contributed by atoms with Crippen molar-refractivity contribution in [3.63, 3.8) is 0 Å². The minimum absolute atomic E-state index is 0.0649. The Kier molecular flexibility index (Phi) is 14.5. The number of amides is 2. The van der Waals surface area contributed by atoms with Crippen LogP contribution in [-0.2, 0) is 47.5 Å². The Hall–Kier alpha value is -2.64. The molecule has 17 heteroatoms. The summed E-state index contributed by atoms with van der Waals surface area (Å²) in [5.41, 5.74) is 1.52. The quantitative estimate of drug-likeness (QED) is 0.205. The Morgan fingerprint density at radius 1 is 0.964 bits per heavy atom. The molecule has 0 bridgehead atoms. The number of rotatable bonds is 8. The van der Waals surface area contributed by atoms with Gasteiger partial charge in [-0.1, -0.05) is 27.7 Å². The van der Waals surface area contributed by atoms with Crippen LogP contribution in [0.25, 0.3) is 0 Å². The van der Waals surface area contributed by atoms with E-state index in [1.165, 1.54) is 7.11 Å². The second-order valence-electron chi connectivity index (χ2n) is 17.4. The Labute approximate surface area is 330 Å². The summed E-state index contributed by atoms with van der Waals surface area (Å²) in [5, 5.41) is 25.4. The van der Waals surface area contributed by atoms with Crippen molar-refractivity contribution in [3.05, 3.63) is 0 Å². The standard InChI is InChI=1S/C39H67N3O14/c1-14-25-39(10)30(41-36(48)56-39)20(4)27(43)18(2)16-38(9,55-35(40)47)32(54-34-28(44)24(42(11)12)15-19(3)50-34)21(5)29(22(6)33(46)52-25)53-26-17-37(8,49-13)31(45)23(7)51-26/h18-26,28-32,34,44-45H,14-17H2,1-13H3,(H2,40,47)(H,41,48)/t18-,19-,20+,21+,22-,23+,24+,25-,26?,28-,29+,30-,31+,32-,34+,37-,38-,39-/m1/s1. The first-order valence-corrected chi connectivity index (χ1v) is 19.8. The Balaban J connectivity index is 1.92. The zero-order valence-electron chi connectivity index (χ0n) is 35.3. The molecule has 4 fully saturated rings. The summed E-state index contributed by atoms with van der Waals surface area (Å²) in [7, 11) is 5.14. The van der Waals surface area contributed by atoms with Crippen molar-refractivity contribution < 1.29 is 67.3 Å². The van der Waals surface area contributed by atoms with Gasteiger partial charge in [0.05, 0.1) is 35.9 Å². The summed E-state index contributed by atoms with van der Waals surface area (Å²) in [6.07, 6.45) is -10.1. The van der Waals surface area contributed by atoms with Crippen molar-refractivity contribution in [2.75, 3.05) is 21.2 Å². The third kappa shape index (κ3) is 9.30. The topological polar surface area (TPSA) is 224 Å². The third-order valence-corrected chi connectivity index (χ3v) is 12.8. The number of Topliss-reactive ketones (excluding diaryl/α,β-unsaturated/α-hetero) is 1. The fourth-order valence-corrected chi connectivity index (χ4v) is 9.47. The summed E-state index contributed by atoms with van der Waals surface area (Å²) in [4.78, 5) is 56.4. The predicted molar refractivity (Wildman–Crippen MR) is 200 cm³/mol. The van der Waals surface area contributed by atoms with Crippen LogP contribution in [0.4, 0.5) is 9.59 Å². The number of aliphatic hydroxyl groups excluding tert-OH is 2. The van der Waals surface area contributed by atoms with Gasteiger partial charge < -0.3 is 64.1 Å². The zero-order valence-corrected chi connectivity index (χ0v) is 35.3. The smallest absolute Gasteiger partial charge is 0.408 e. The number of methoxy groups -OCH3 is 1. The van der Waals surface area contributed by atoms with Gasteiger partial charge in [0, 0.05) is 37.3 Å². The van der Waals surface area contributed by atoms with E-state index in [4.69, 9.17) is 43.6 Å². The molecule has 4 aliphatic rings. The predicted octanol–water partition coefficient (Wildman–Crippen LogP) is 2.64. The molecule has 0 aliphatic carbocycles. The van der Waals surface area contributed by atoms with Gasteiger partial charge in [0.1, 0.15) is 35.8 Å². The molecule has 4 saturated heterocycles. The van der Waals surface area contributed by atoms with Gasteiger partial charge in [0.25, 0.3) is 0 Å². The summed E-state index contributed by atoms with van der Waals surface area (Å²) >= 11 is 0. The van der Waals surface area contributed by atoms with Crippen LogP contribution in [0.15, 0.2) is 0 Å². The number of carbonyl (C=O) groups is 4. The molecule has 0 aromatic carbocycles. The number of likely N-dealkylation sites (N-methyl/N-ethyl adjacent to an activating group) is 1. The molecule has 0 aromatic rings. The number of carbonyl (C=O) groups excluding carboxylic acids is 4. The molecule has 1 unspecified atom stereocenters. The first-order chi connectivity index (χ1) is 25.9. The van der Waals surface area contributed by atoms with Crippen LogP contribution in [0, 0.1) is 23.7 Å². The molecule has 322 valence electrons. The van der Waals surface area contributed by atoms with Gasteiger partial charge in [-0.15, -0.1) is 0 Å². The molecule has 18 atom stereocenters. The maximum absolute atomic E-state index is 14.5. The average Bonchev–Trinajstić information content (AvgIpc) is 3.43. The number of nitrogens with two attached hydrogens (primary N) is 1. The monoisotopic (exact) mass is 801 g/mol. The lowest BCUT2D eigenvalue weighted by Gasteiger charge is -2.49. The van der Waals surface area contributed by atoms with E-state index in [0.717, 1.165) is 0 Å². The van der Waals surface area contributed by atoms with E-state index in [1.54, 1.807) is 62.3 Å². The van der Waals surface area contributed by atoms with Crippen molar-refractivity contribution in [2.45, 2.75) is 179 Å². The van der Waals surface area contributed by atoms with Crippen LogP contribution in [0.5, 0.6) is 0 Å². The number of primary amides is 1. The average molecular weight is 802 g/mol. The van der Waals surface area contributed by atoms with Crippen molar-refractivity contribution in [1.29, 1.82) is 0 Å². The van der Waals surface area contributed by atoms with E-state index in [1.807, 2.05) is 25.9 Å². The SMILES string of the molecule is CC[C@H]1OC(=O)[C@H](C)[C@@H](OC2C[C@@](C)(OC)[C@@H](O)[C@H](C)O2)[C@H](C)[C@@H](O[C@@H]2O[C@H](C)C[C@H](N(C)C)[C@H]2O)[C@](C)(OC(N)=O)C[C@@H](C)C(=O)[C@H](C)[C@H]2NC(=O)O[C@@]21C. The maximum Gasteiger partial charge on any atom is 0.408 e. The number of aliphatic hydroxyl groups is 2. The van der Waals surface area contributed by atoms with Gasteiger partial charge in [-0.2, -0.15) is 0 Å². The fourth-order valence-electron chi connectivity index (χ4n) is 9.47. The van der Waals surface area contributed by atoms with Crippen molar-refractivity contribution in [2.24, 2.45) is 29.4 Å². The van der Waals surface area contributed by atoms with Crippen LogP contribution in [0.3, 0.4) is 0 Å². The molecule has 0 aromatic heterocycles. The molecular formula is C39H67N3O14. The number of nitrogens with one attached hydrogen (secondary N) is 1. The van der Waals surface area contributed by atoms with Crippen LogP contribution >= 0.6 is 0 Å². The van der Waals surface area contributed by atoms with Crippen molar-refractivity contribution in [1.82, 2.24) is 10.2 Å². The number of ketones is 1. The number of ether oxygens (including phenoxy) is 8. The van der Waals surface area contributed by atoms with Crippen LogP contribution in [0.1, 0.15) is 94.9 Å². The molecule has 56 heavy (non-hydrogen) atoms. The number of cyclic esters (lactones) is 1. The van der Waals surface area contributed by atoms with E-state index in [0.29, 0.717) is 6.42 Å². The van der Waals surface area contributed by atoms with Crippen LogP contribution in [-0.4, -0.2) is 144 Å². The van der Waals surface area contributed by atoms with Crippen LogP contribution < -0.4 is 11.1 Å². The number of hydrogen-bond donors (Lipinski definition) is 4. The highest BCUT2D eigenvalue weighted by Gasteiger charge is 2.58. The largest absolute Gasteiger partial charge is 0.458 e. The molecule has 0 spiro atoms. The number of nitrogens with zero attached hydrogens (tertiary/aromatic N) is 1. The first-order valence-electron chi connectivity index (χ1n) is 19.8. The van der Waals surface area contributed by atoms with Gasteiger partial charge in [-0.25, -0.2) is 9.59 Å². The summed E-state index contributed by atoms with van der Waals surface area (Å²) in [6, 6.07) is -1.27. The summed E-state index contributed by atoms with van der Waals surface area (Å²) in [5.74, 6) is -4.68. The third-order valence-electron chi connectivity index (χ3n) is 12.8. The number of esters is 1. The lowest BCUT2D eigenvalue weighted by Crippen LogP contribution is -2.62.